The van der Waals surface area contributed by atoms with Crippen LogP contribution in [0.25, 0.3) is 16.2 Å². The van der Waals surface area contributed by atoms with E-state index in [1.54, 1.807) is 31.3 Å². The number of hydrogen-bond acceptors (Lipinski definition) is 4. The molecule has 0 radical (unpaired) electrons. The summed E-state index contributed by atoms with van der Waals surface area (Å²) in [5.41, 5.74) is 0.698. The highest BCUT2D eigenvalue weighted by Gasteiger charge is 2.38. The molecule has 152 valence electrons. The van der Waals surface area contributed by atoms with Crippen LogP contribution < -0.4 is 5.32 Å². The van der Waals surface area contributed by atoms with Gasteiger partial charge in [-0.1, -0.05) is 23.7 Å². The Morgan fingerprint density at radius 1 is 1.34 bits per heavy atom. The molecule has 0 saturated heterocycles. The zero-order valence-electron chi connectivity index (χ0n) is 15.9. The number of amides is 1. The number of thiophene rings is 1. The van der Waals surface area contributed by atoms with Crippen molar-refractivity contribution in [2.75, 3.05) is 13.3 Å². The van der Waals surface area contributed by atoms with Crippen molar-refractivity contribution < 1.29 is 13.9 Å². The van der Waals surface area contributed by atoms with Crippen LogP contribution in [0.2, 0.25) is 5.02 Å². The molecule has 1 N–H and O–H groups in total. The Labute approximate surface area is 192 Å². The molecule has 0 aliphatic rings. The predicted molar refractivity (Wildman–Crippen MR) is 131 cm³/mol. The molecule has 2 unspecified atom stereocenters. The third-order valence-corrected chi connectivity index (χ3v) is 8.42. The average molecular weight is 556 g/mol. The Bertz CT molecular complexity index is 1110. The summed E-state index contributed by atoms with van der Waals surface area (Å²) in [4.78, 5) is 13.1. The summed E-state index contributed by atoms with van der Waals surface area (Å²) in [6.07, 6.45) is 3.29. The van der Waals surface area contributed by atoms with Crippen molar-refractivity contribution in [1.82, 2.24) is 5.32 Å². The average Bonchev–Trinajstić information content (AvgIpc) is 3.04. The van der Waals surface area contributed by atoms with E-state index in [9.17, 15) is 9.36 Å². The van der Waals surface area contributed by atoms with E-state index in [2.05, 4.69) is 27.9 Å². The van der Waals surface area contributed by atoms with Gasteiger partial charge in [0.1, 0.15) is 5.66 Å². The van der Waals surface area contributed by atoms with Crippen molar-refractivity contribution in [1.29, 1.82) is 0 Å². The maximum atomic E-state index is 13.3. The third kappa shape index (κ3) is 5.50. The molecule has 1 heterocycles. The number of carbonyl (C=O) groups is 1. The minimum atomic E-state index is -3.25. The molecule has 0 aliphatic carbocycles. The fraction of sp³-hybridized carbons (Fsp3) is 0.190. The smallest absolute Gasteiger partial charge is 0.241 e. The van der Waals surface area contributed by atoms with Crippen LogP contribution in [-0.4, -0.2) is 19.2 Å². The van der Waals surface area contributed by atoms with Gasteiger partial charge in [0.05, 0.1) is 6.61 Å². The number of halogens is 2. The summed E-state index contributed by atoms with van der Waals surface area (Å²) in [6.45, 7) is 3.58. The van der Waals surface area contributed by atoms with Crippen molar-refractivity contribution in [2.45, 2.75) is 12.6 Å². The standard InChI is InChI=1S/C21H20ClINO3PS/c1-3-27-28(2,26)20(18-13-29-19-8-7-16(23)12-17(18)19)21(25)24-10-9-14-5-4-6-15(22)11-14/h4-13,20H,3H2,1-2H3,(H,24,25)/b10-9+/i23-4. The highest BCUT2D eigenvalue weighted by molar-refractivity contribution is 14.1. The molecular weight excluding hydrogens is 536 g/mol. The van der Waals surface area contributed by atoms with Gasteiger partial charge in [0, 0.05) is 26.2 Å². The molecule has 2 atom stereocenters. The molecule has 0 spiro atoms. The van der Waals surface area contributed by atoms with E-state index in [0.29, 0.717) is 5.02 Å². The number of rotatable bonds is 7. The molecule has 2 aromatic carbocycles. The van der Waals surface area contributed by atoms with E-state index >= 15 is 0 Å². The second-order valence-corrected chi connectivity index (χ2v) is 11.6. The van der Waals surface area contributed by atoms with E-state index < -0.39 is 13.0 Å². The lowest BCUT2D eigenvalue weighted by Gasteiger charge is -2.22. The molecule has 4 nitrogen and oxygen atoms in total. The van der Waals surface area contributed by atoms with E-state index in [0.717, 1.165) is 24.8 Å². The van der Waals surface area contributed by atoms with E-state index in [1.165, 1.54) is 18.0 Å². The van der Waals surface area contributed by atoms with E-state index in [4.69, 9.17) is 16.1 Å². The molecule has 1 amide bonds. The summed E-state index contributed by atoms with van der Waals surface area (Å²) in [7, 11) is -3.25. The van der Waals surface area contributed by atoms with Crippen LogP contribution in [0.5, 0.6) is 0 Å². The quantitative estimate of drug-likeness (QED) is 0.254. The summed E-state index contributed by atoms with van der Waals surface area (Å²) in [5.74, 6) is -0.360. The Kier molecular flexibility index (Phi) is 7.57. The van der Waals surface area contributed by atoms with Gasteiger partial charge in [0.15, 0.2) is 0 Å². The van der Waals surface area contributed by atoms with Gasteiger partial charge in [0.25, 0.3) is 0 Å². The molecule has 1 aromatic heterocycles. The molecular formula is C21H20ClINO3PS. The maximum absolute atomic E-state index is 13.3. The first-order chi connectivity index (χ1) is 13.8. The zero-order chi connectivity index (χ0) is 21.0. The number of fused-ring (bicyclic) bond motifs is 1. The largest absolute Gasteiger partial charge is 0.332 e. The van der Waals surface area contributed by atoms with Gasteiger partial charge < -0.3 is 9.84 Å². The Balaban J connectivity index is 1.94. The molecule has 8 heteroatoms. The van der Waals surface area contributed by atoms with Gasteiger partial charge in [0.2, 0.25) is 13.3 Å². The summed E-state index contributed by atoms with van der Waals surface area (Å²) >= 11 is 9.76. The summed E-state index contributed by atoms with van der Waals surface area (Å²) in [6, 6.07) is 13.3. The van der Waals surface area contributed by atoms with Crippen LogP contribution in [0.4, 0.5) is 0 Å². The van der Waals surface area contributed by atoms with E-state index in [-0.39, 0.29) is 12.5 Å². The predicted octanol–water partition coefficient (Wildman–Crippen LogP) is 6.93. The first-order valence-electron chi connectivity index (χ1n) is 8.92. The van der Waals surface area contributed by atoms with Crippen molar-refractivity contribution >= 4 is 75.0 Å². The molecule has 3 rings (SSSR count). The molecule has 0 aliphatic heterocycles. The highest BCUT2D eigenvalue weighted by Crippen LogP contribution is 2.58. The van der Waals surface area contributed by atoms with Gasteiger partial charge in [-0.25, -0.2) is 0 Å². The summed E-state index contributed by atoms with van der Waals surface area (Å²) in [5, 5.41) is 6.22. The fourth-order valence-electron chi connectivity index (χ4n) is 3.08. The zero-order valence-corrected chi connectivity index (χ0v) is 20.5. The Morgan fingerprint density at radius 3 is 2.86 bits per heavy atom. The van der Waals surface area contributed by atoms with E-state index in [1.807, 2.05) is 35.7 Å². The first-order valence-corrected chi connectivity index (χ1v) is 13.4. The van der Waals surface area contributed by atoms with Crippen LogP contribution in [0, 0.1) is 3.57 Å². The van der Waals surface area contributed by atoms with Crippen LogP contribution in [-0.2, 0) is 13.9 Å². The summed E-state index contributed by atoms with van der Waals surface area (Å²) < 4.78 is 21.0. The van der Waals surface area contributed by atoms with Crippen LogP contribution in [0.1, 0.15) is 23.7 Å². The highest BCUT2D eigenvalue weighted by atomic mass is 123. The SMILES string of the molecule is CCOP(C)(=O)C(C(=O)N/C=C/c1cccc(Cl)c1)c1csc2ccc([123I])cc12. The van der Waals surface area contributed by atoms with Gasteiger partial charge in [-0.2, -0.15) is 0 Å². The number of hydrogen-bond donors (Lipinski definition) is 1. The van der Waals surface area contributed by atoms with Crippen LogP contribution in [0.3, 0.4) is 0 Å². The monoisotopic (exact) mass is 555 g/mol. The maximum Gasteiger partial charge on any atom is 0.241 e. The van der Waals surface area contributed by atoms with Crippen molar-refractivity contribution in [2.24, 2.45) is 0 Å². The van der Waals surface area contributed by atoms with Gasteiger partial charge in [-0.05, 0) is 87.8 Å². The molecule has 0 bridgehead atoms. The van der Waals surface area contributed by atoms with Crippen molar-refractivity contribution in [3.63, 3.8) is 0 Å². The second-order valence-electron chi connectivity index (χ2n) is 6.46. The van der Waals surface area contributed by atoms with Gasteiger partial charge >= 0.3 is 0 Å². The van der Waals surface area contributed by atoms with Gasteiger partial charge in [-0.15, -0.1) is 11.3 Å². The number of nitrogens with one attached hydrogen (secondary N) is 1. The molecule has 3 aromatic rings. The fourth-order valence-corrected chi connectivity index (χ4v) is 6.72. The Hall–Kier alpha value is -1.18. The lowest BCUT2D eigenvalue weighted by Crippen LogP contribution is -2.25. The lowest BCUT2D eigenvalue weighted by atomic mass is 10.1. The molecule has 29 heavy (non-hydrogen) atoms. The lowest BCUT2D eigenvalue weighted by molar-refractivity contribution is -0.120. The number of benzene rings is 2. The normalized spacial score (nSPS) is 14.8. The minimum Gasteiger partial charge on any atom is -0.332 e. The minimum absolute atomic E-state index is 0.273. The third-order valence-electron chi connectivity index (χ3n) is 4.31. The molecule has 0 saturated carbocycles. The van der Waals surface area contributed by atoms with Crippen LogP contribution >= 0.6 is 52.9 Å². The second kappa shape index (κ2) is 9.75. The number of carbonyl (C=O) groups excluding carboxylic acids is 1. The van der Waals surface area contributed by atoms with Crippen molar-refractivity contribution in [3.8, 4) is 0 Å². The topological polar surface area (TPSA) is 55.4 Å². The van der Waals surface area contributed by atoms with Crippen molar-refractivity contribution in [3.05, 3.63) is 73.8 Å². The van der Waals surface area contributed by atoms with Gasteiger partial charge in [-0.3, -0.25) is 9.36 Å². The first kappa shape index (κ1) is 22.5. The Morgan fingerprint density at radius 2 is 2.14 bits per heavy atom. The van der Waals surface area contributed by atoms with Crippen LogP contribution in [0.15, 0.2) is 54.0 Å². The molecule has 0 fully saturated rings.